The van der Waals surface area contributed by atoms with Crippen molar-refractivity contribution in [2.75, 3.05) is 0 Å². The fourth-order valence-corrected chi connectivity index (χ4v) is 2.93. The van der Waals surface area contributed by atoms with Crippen LogP contribution in [-0.4, -0.2) is 11.6 Å². The van der Waals surface area contributed by atoms with Gasteiger partial charge in [0.15, 0.2) is 0 Å². The highest BCUT2D eigenvalue weighted by atomic mass is 19.4. The zero-order valence-corrected chi connectivity index (χ0v) is 15.1. The van der Waals surface area contributed by atoms with Crippen molar-refractivity contribution in [3.05, 3.63) is 71.0 Å². The summed E-state index contributed by atoms with van der Waals surface area (Å²) in [6.07, 6.45) is -4.72. The number of nitrogens with zero attached hydrogens (tertiary/aromatic N) is 1. The summed E-state index contributed by atoms with van der Waals surface area (Å²) in [7, 11) is 0. The summed E-state index contributed by atoms with van der Waals surface area (Å²) < 4.78 is 46.4. The maximum absolute atomic E-state index is 13.7. The second kappa shape index (κ2) is 7.02. The van der Waals surface area contributed by atoms with Crippen LogP contribution in [0.25, 0.3) is 11.0 Å². The number of fused-ring (bicyclic) bond motifs is 1. The van der Waals surface area contributed by atoms with Gasteiger partial charge in [-0.3, -0.25) is 4.79 Å². The molecule has 3 aromatic rings. The number of alkyl halides is 3. The lowest BCUT2D eigenvalue weighted by Crippen LogP contribution is -2.13. The van der Waals surface area contributed by atoms with Crippen molar-refractivity contribution in [1.82, 2.24) is 0 Å². The molecule has 1 aromatic heterocycles. The van der Waals surface area contributed by atoms with Crippen LogP contribution < -0.4 is 0 Å². The fraction of sp³-hybridized carbons (Fsp3) is 0.238. The van der Waals surface area contributed by atoms with Crippen molar-refractivity contribution >= 4 is 22.6 Å². The largest absolute Gasteiger partial charge is 0.451 e. The van der Waals surface area contributed by atoms with Gasteiger partial charge in [0.1, 0.15) is 5.58 Å². The number of carbonyl (C=O) groups excluding carboxylic acids is 1. The van der Waals surface area contributed by atoms with E-state index in [4.69, 9.17) is 4.42 Å². The molecule has 0 atom stereocenters. The Morgan fingerprint density at radius 3 is 2.30 bits per heavy atom. The van der Waals surface area contributed by atoms with Crippen LogP contribution in [0.1, 0.15) is 49.1 Å². The van der Waals surface area contributed by atoms with Crippen LogP contribution in [0, 0.1) is 0 Å². The van der Waals surface area contributed by atoms with Crippen molar-refractivity contribution in [2.45, 2.75) is 32.9 Å². The zero-order chi connectivity index (χ0) is 19.8. The van der Waals surface area contributed by atoms with Crippen LogP contribution in [0.3, 0.4) is 0 Å². The molecule has 140 valence electrons. The number of hydrogen-bond acceptors (Lipinski definition) is 2. The predicted molar refractivity (Wildman–Crippen MR) is 98.1 cm³/mol. The van der Waals surface area contributed by atoms with Crippen LogP contribution in [0.2, 0.25) is 0 Å². The third-order valence-corrected chi connectivity index (χ3v) is 4.19. The Morgan fingerprint density at radius 2 is 1.74 bits per heavy atom. The lowest BCUT2D eigenvalue weighted by molar-refractivity contribution is -0.152. The Kier molecular flexibility index (Phi) is 4.91. The quantitative estimate of drug-likeness (QED) is 0.532. The second-order valence-corrected chi connectivity index (χ2v) is 6.56. The second-order valence-electron chi connectivity index (χ2n) is 6.56. The molecule has 0 aliphatic rings. The predicted octanol–water partition coefficient (Wildman–Crippen LogP) is 5.96. The minimum absolute atomic E-state index is 0.0496. The molecule has 0 bridgehead atoms. The van der Waals surface area contributed by atoms with Crippen molar-refractivity contribution in [2.24, 2.45) is 4.99 Å². The first kappa shape index (κ1) is 18.9. The van der Waals surface area contributed by atoms with Gasteiger partial charge in [-0.15, -0.1) is 0 Å². The van der Waals surface area contributed by atoms with Crippen molar-refractivity contribution in [1.29, 1.82) is 0 Å². The van der Waals surface area contributed by atoms with Gasteiger partial charge in [0.25, 0.3) is 0 Å². The number of rotatable bonds is 3. The maximum Gasteiger partial charge on any atom is 0.450 e. The highest BCUT2D eigenvalue weighted by Gasteiger charge is 2.41. The van der Waals surface area contributed by atoms with Gasteiger partial charge in [-0.05, 0) is 17.5 Å². The van der Waals surface area contributed by atoms with E-state index in [1.54, 1.807) is 48.5 Å². The van der Waals surface area contributed by atoms with E-state index in [1.807, 2.05) is 13.8 Å². The first-order valence-electron chi connectivity index (χ1n) is 8.47. The van der Waals surface area contributed by atoms with Crippen LogP contribution in [0.15, 0.2) is 57.9 Å². The molecule has 0 fully saturated rings. The summed E-state index contributed by atoms with van der Waals surface area (Å²) in [6.45, 7) is 5.10. The lowest BCUT2D eigenvalue weighted by Gasteiger charge is -2.10. The minimum Gasteiger partial charge on any atom is -0.451 e. The fourth-order valence-electron chi connectivity index (χ4n) is 2.93. The summed E-state index contributed by atoms with van der Waals surface area (Å²) in [5, 5.41) is 0.274. The number of halogens is 3. The molecule has 0 N–H and O–H groups in total. The standard InChI is InChI=1S/C21H18F3NO2/c1-12(2)15-9-10-16-17(11-15)27-20(21(22,23)24)18(16)19(25-13(3)26)14-7-5-4-6-8-14/h4-12H,1-3H3. The van der Waals surface area contributed by atoms with Gasteiger partial charge in [0.2, 0.25) is 11.7 Å². The molecule has 0 saturated heterocycles. The van der Waals surface area contributed by atoms with E-state index in [2.05, 4.69) is 4.99 Å². The van der Waals surface area contributed by atoms with Crippen molar-refractivity contribution < 1.29 is 22.4 Å². The van der Waals surface area contributed by atoms with Crippen LogP contribution in [0.4, 0.5) is 13.2 Å². The molecule has 0 unspecified atom stereocenters. The molecule has 1 heterocycles. The summed E-state index contributed by atoms with van der Waals surface area (Å²) in [5.41, 5.74) is 1.13. The number of furan rings is 1. The smallest absolute Gasteiger partial charge is 0.450 e. The number of hydrogen-bond donors (Lipinski definition) is 0. The number of aliphatic imine (C=N–C) groups is 1. The molecule has 0 saturated carbocycles. The molecule has 0 spiro atoms. The van der Waals surface area contributed by atoms with Gasteiger partial charge in [-0.1, -0.05) is 56.3 Å². The van der Waals surface area contributed by atoms with Crippen LogP contribution in [-0.2, 0) is 11.0 Å². The minimum atomic E-state index is -4.72. The van der Waals surface area contributed by atoms with Gasteiger partial charge >= 0.3 is 6.18 Å². The third-order valence-electron chi connectivity index (χ3n) is 4.19. The first-order valence-corrected chi connectivity index (χ1v) is 8.47. The molecular formula is C21H18F3NO2. The Labute approximate surface area is 154 Å². The van der Waals surface area contributed by atoms with Gasteiger partial charge in [-0.2, -0.15) is 13.2 Å². The molecule has 0 radical (unpaired) electrons. The van der Waals surface area contributed by atoms with E-state index in [9.17, 15) is 18.0 Å². The number of amides is 1. The van der Waals surface area contributed by atoms with E-state index in [0.717, 1.165) is 5.56 Å². The van der Waals surface area contributed by atoms with Crippen molar-refractivity contribution in [3.8, 4) is 0 Å². The van der Waals surface area contributed by atoms with Gasteiger partial charge in [-0.25, -0.2) is 4.99 Å². The molecule has 3 nitrogen and oxygen atoms in total. The van der Waals surface area contributed by atoms with Gasteiger partial charge < -0.3 is 4.42 Å². The first-order chi connectivity index (χ1) is 12.7. The molecule has 6 heteroatoms. The Hall–Kier alpha value is -2.89. The van der Waals surface area contributed by atoms with Gasteiger partial charge in [0, 0.05) is 17.9 Å². The molecule has 2 aromatic carbocycles. The van der Waals surface area contributed by atoms with E-state index >= 15 is 0 Å². The summed E-state index contributed by atoms with van der Waals surface area (Å²) in [6, 6.07) is 13.3. The molecule has 0 aliphatic carbocycles. The normalized spacial score (nSPS) is 12.8. The topological polar surface area (TPSA) is 42.6 Å². The zero-order valence-electron chi connectivity index (χ0n) is 15.1. The van der Waals surface area contributed by atoms with Crippen LogP contribution in [0.5, 0.6) is 0 Å². The maximum atomic E-state index is 13.7. The monoisotopic (exact) mass is 373 g/mol. The number of carbonyl (C=O) groups is 1. The van der Waals surface area contributed by atoms with Crippen LogP contribution >= 0.6 is 0 Å². The Morgan fingerprint density at radius 1 is 1.07 bits per heavy atom. The summed E-state index contributed by atoms with van der Waals surface area (Å²) in [5.74, 6) is -1.60. The average Bonchev–Trinajstić information content (AvgIpc) is 2.99. The highest BCUT2D eigenvalue weighted by molar-refractivity contribution is 6.22. The highest BCUT2D eigenvalue weighted by Crippen LogP contribution is 2.40. The average molecular weight is 373 g/mol. The van der Waals surface area contributed by atoms with E-state index in [-0.39, 0.29) is 28.2 Å². The molecular weight excluding hydrogens is 355 g/mol. The Balaban J connectivity index is 2.37. The molecule has 0 aliphatic heterocycles. The Bertz CT molecular complexity index is 1020. The number of benzene rings is 2. The van der Waals surface area contributed by atoms with E-state index < -0.39 is 17.8 Å². The van der Waals surface area contributed by atoms with E-state index in [1.165, 1.54) is 6.92 Å². The van der Waals surface area contributed by atoms with Crippen molar-refractivity contribution in [3.63, 3.8) is 0 Å². The molecule has 1 amide bonds. The third kappa shape index (κ3) is 3.79. The van der Waals surface area contributed by atoms with Gasteiger partial charge in [0.05, 0.1) is 11.3 Å². The SMILES string of the molecule is CC(=O)N=C(c1ccccc1)c1c(C(F)(F)F)oc2cc(C(C)C)ccc12. The summed E-state index contributed by atoms with van der Waals surface area (Å²) >= 11 is 0. The molecule has 3 rings (SSSR count). The summed E-state index contributed by atoms with van der Waals surface area (Å²) in [4.78, 5) is 15.6. The molecule has 27 heavy (non-hydrogen) atoms. The van der Waals surface area contributed by atoms with E-state index in [0.29, 0.717) is 5.56 Å². The lowest BCUT2D eigenvalue weighted by atomic mass is 9.96.